The molecule has 3 atom stereocenters. The number of aliphatic hydroxyl groups is 1. The molecular formula is C24H28N2O3. The van der Waals surface area contributed by atoms with Gasteiger partial charge in [0.1, 0.15) is 0 Å². The highest BCUT2D eigenvalue weighted by molar-refractivity contribution is 5.81. The molecule has 0 unspecified atom stereocenters. The van der Waals surface area contributed by atoms with Crippen LogP contribution < -0.4 is 5.32 Å². The van der Waals surface area contributed by atoms with Crippen LogP contribution in [-0.4, -0.2) is 47.1 Å². The molecule has 5 nitrogen and oxygen atoms in total. The van der Waals surface area contributed by atoms with Gasteiger partial charge in [0.15, 0.2) is 0 Å². The third-order valence-electron chi connectivity index (χ3n) is 6.07. The van der Waals surface area contributed by atoms with Gasteiger partial charge in [-0.1, -0.05) is 54.6 Å². The monoisotopic (exact) mass is 392 g/mol. The van der Waals surface area contributed by atoms with Crippen LogP contribution in [0.25, 0.3) is 11.1 Å². The van der Waals surface area contributed by atoms with Crippen molar-refractivity contribution in [2.45, 2.75) is 44.2 Å². The molecule has 2 N–H and O–H groups in total. The fourth-order valence-electron chi connectivity index (χ4n) is 4.46. The van der Waals surface area contributed by atoms with Gasteiger partial charge in [-0.15, -0.1) is 0 Å². The molecule has 5 heteroatoms. The molecule has 152 valence electrons. The first-order valence-corrected chi connectivity index (χ1v) is 10.5. The summed E-state index contributed by atoms with van der Waals surface area (Å²) in [5, 5.41) is 13.3. The van der Waals surface area contributed by atoms with Crippen molar-refractivity contribution in [3.05, 3.63) is 60.2 Å². The zero-order chi connectivity index (χ0) is 20.2. The molecule has 0 radical (unpaired) electrons. The van der Waals surface area contributed by atoms with Gasteiger partial charge in [0.05, 0.1) is 18.6 Å². The van der Waals surface area contributed by atoms with E-state index in [9.17, 15) is 14.7 Å². The first-order valence-electron chi connectivity index (χ1n) is 10.5. The van der Waals surface area contributed by atoms with E-state index in [0.717, 1.165) is 42.6 Å². The van der Waals surface area contributed by atoms with Crippen LogP contribution in [0.3, 0.4) is 0 Å². The second kappa shape index (κ2) is 8.78. The first-order chi connectivity index (χ1) is 14.1. The molecule has 2 amide bonds. The van der Waals surface area contributed by atoms with Crippen LogP contribution in [0.2, 0.25) is 0 Å². The summed E-state index contributed by atoms with van der Waals surface area (Å²) in [7, 11) is 0. The highest BCUT2D eigenvalue weighted by Gasteiger charge is 2.39. The van der Waals surface area contributed by atoms with Gasteiger partial charge in [-0.3, -0.25) is 9.59 Å². The molecule has 29 heavy (non-hydrogen) atoms. The van der Waals surface area contributed by atoms with Crippen molar-refractivity contribution in [3.8, 4) is 11.1 Å². The number of amides is 2. The normalized spacial score (nSPS) is 23.9. The average molecular weight is 392 g/mol. The Morgan fingerprint density at radius 1 is 0.931 bits per heavy atom. The number of nitrogens with one attached hydrogen (secondary N) is 1. The second-order valence-electron chi connectivity index (χ2n) is 8.18. The molecule has 1 saturated carbocycles. The molecule has 2 aromatic rings. The third-order valence-corrected chi connectivity index (χ3v) is 6.07. The van der Waals surface area contributed by atoms with Crippen molar-refractivity contribution in [2.75, 3.05) is 13.1 Å². The number of carbonyl (C=O) groups excluding carboxylic acids is 2. The Kier molecular flexibility index (Phi) is 5.95. The quantitative estimate of drug-likeness (QED) is 0.822. The number of aliphatic hydroxyl groups excluding tert-OH is 1. The third kappa shape index (κ3) is 4.67. The molecule has 2 aromatic carbocycles. The lowest BCUT2D eigenvalue weighted by Gasteiger charge is -2.20. The zero-order valence-corrected chi connectivity index (χ0v) is 16.6. The molecular weight excluding hydrogens is 364 g/mol. The second-order valence-corrected chi connectivity index (χ2v) is 8.18. The van der Waals surface area contributed by atoms with Crippen molar-refractivity contribution in [1.29, 1.82) is 0 Å². The molecule has 0 bridgehead atoms. The van der Waals surface area contributed by atoms with Crippen molar-refractivity contribution >= 4 is 11.8 Å². The SMILES string of the molecule is O=C(Cc1ccc(-c2ccccc2)cc1)N[C@@H]1C[C@H](C(=O)N2CCCC2)C[C@H]1O. The number of rotatable bonds is 5. The van der Waals surface area contributed by atoms with Gasteiger partial charge >= 0.3 is 0 Å². The lowest BCUT2D eigenvalue weighted by Crippen LogP contribution is -2.40. The van der Waals surface area contributed by atoms with Crippen molar-refractivity contribution in [3.63, 3.8) is 0 Å². The number of carbonyl (C=O) groups is 2. The molecule has 4 rings (SSSR count). The van der Waals surface area contributed by atoms with Gasteiger partial charge in [0.2, 0.25) is 11.8 Å². The van der Waals surface area contributed by atoms with Crippen molar-refractivity contribution < 1.29 is 14.7 Å². The Morgan fingerprint density at radius 3 is 2.28 bits per heavy atom. The molecule has 1 heterocycles. The van der Waals surface area contributed by atoms with E-state index >= 15 is 0 Å². The number of nitrogens with zero attached hydrogens (tertiary/aromatic N) is 1. The Bertz CT molecular complexity index is 844. The molecule has 1 saturated heterocycles. The lowest BCUT2D eigenvalue weighted by molar-refractivity contribution is -0.134. The predicted octanol–water partition coefficient (Wildman–Crippen LogP) is 2.77. The van der Waals surface area contributed by atoms with Crippen LogP contribution in [0.1, 0.15) is 31.2 Å². The summed E-state index contributed by atoms with van der Waals surface area (Å²) in [6, 6.07) is 17.7. The Hall–Kier alpha value is -2.66. The van der Waals surface area contributed by atoms with Crippen molar-refractivity contribution in [1.82, 2.24) is 10.2 Å². The lowest BCUT2D eigenvalue weighted by atomic mass is 10.0. The maximum atomic E-state index is 12.6. The van der Waals surface area contributed by atoms with E-state index in [1.165, 1.54) is 0 Å². The van der Waals surface area contributed by atoms with Crippen LogP contribution in [0.15, 0.2) is 54.6 Å². The van der Waals surface area contributed by atoms with Crippen LogP contribution in [-0.2, 0) is 16.0 Å². The maximum Gasteiger partial charge on any atom is 0.225 e. The van der Waals surface area contributed by atoms with Crippen LogP contribution >= 0.6 is 0 Å². The van der Waals surface area contributed by atoms with E-state index in [1.807, 2.05) is 47.4 Å². The molecule has 2 fully saturated rings. The molecule has 0 spiro atoms. The highest BCUT2D eigenvalue weighted by atomic mass is 16.3. The number of likely N-dealkylation sites (tertiary alicyclic amines) is 1. The summed E-state index contributed by atoms with van der Waals surface area (Å²) >= 11 is 0. The van der Waals surface area contributed by atoms with Gasteiger partial charge in [0, 0.05) is 19.0 Å². The number of hydrogen-bond donors (Lipinski definition) is 2. The van der Waals surface area contributed by atoms with Crippen LogP contribution in [0.5, 0.6) is 0 Å². The minimum Gasteiger partial charge on any atom is -0.391 e. The summed E-state index contributed by atoms with van der Waals surface area (Å²) in [5.74, 6) is -0.163. The molecule has 1 aliphatic carbocycles. The van der Waals surface area contributed by atoms with Crippen LogP contribution in [0, 0.1) is 5.92 Å². The highest BCUT2D eigenvalue weighted by Crippen LogP contribution is 2.29. The van der Waals surface area contributed by atoms with Gasteiger partial charge in [0.25, 0.3) is 0 Å². The fourth-order valence-corrected chi connectivity index (χ4v) is 4.46. The minimum absolute atomic E-state index is 0.115. The molecule has 0 aromatic heterocycles. The summed E-state index contributed by atoms with van der Waals surface area (Å²) in [6.45, 7) is 1.64. The van der Waals surface area contributed by atoms with E-state index in [0.29, 0.717) is 12.8 Å². The zero-order valence-electron chi connectivity index (χ0n) is 16.6. The average Bonchev–Trinajstić information content (AvgIpc) is 3.39. The van der Waals surface area contributed by atoms with E-state index in [1.54, 1.807) is 0 Å². The van der Waals surface area contributed by atoms with Gasteiger partial charge < -0.3 is 15.3 Å². The largest absolute Gasteiger partial charge is 0.391 e. The van der Waals surface area contributed by atoms with Crippen LogP contribution in [0.4, 0.5) is 0 Å². The van der Waals surface area contributed by atoms with E-state index in [2.05, 4.69) is 17.4 Å². The van der Waals surface area contributed by atoms with E-state index < -0.39 is 6.10 Å². The number of benzene rings is 2. The van der Waals surface area contributed by atoms with Gasteiger partial charge in [-0.2, -0.15) is 0 Å². The smallest absolute Gasteiger partial charge is 0.225 e. The fraction of sp³-hybridized carbons (Fsp3) is 0.417. The topological polar surface area (TPSA) is 69.6 Å². The summed E-state index contributed by atoms with van der Waals surface area (Å²) in [6.07, 6.45) is 2.69. The summed E-state index contributed by atoms with van der Waals surface area (Å²) in [5.41, 5.74) is 3.19. The van der Waals surface area contributed by atoms with Gasteiger partial charge in [-0.25, -0.2) is 0 Å². The Morgan fingerprint density at radius 2 is 1.59 bits per heavy atom. The minimum atomic E-state index is -0.657. The summed E-state index contributed by atoms with van der Waals surface area (Å²) < 4.78 is 0. The first kappa shape index (κ1) is 19.6. The number of hydrogen-bond acceptors (Lipinski definition) is 3. The standard InChI is InChI=1S/C24H28N2O3/c27-22-16-20(24(29)26-12-4-5-13-26)15-21(22)25-23(28)14-17-8-10-19(11-9-17)18-6-2-1-3-7-18/h1-3,6-11,20-22,27H,4-5,12-16H2,(H,25,28)/t20-,21+,22+/m0/s1. The van der Waals surface area contributed by atoms with Crippen molar-refractivity contribution in [2.24, 2.45) is 5.92 Å². The van der Waals surface area contributed by atoms with Gasteiger partial charge in [-0.05, 0) is 42.4 Å². The Labute approximate surface area is 171 Å². The summed E-state index contributed by atoms with van der Waals surface area (Å²) in [4.78, 5) is 26.9. The van der Waals surface area contributed by atoms with E-state index in [4.69, 9.17) is 0 Å². The molecule has 2 aliphatic rings. The molecule has 1 aliphatic heterocycles. The predicted molar refractivity (Wildman–Crippen MR) is 112 cm³/mol. The Balaban J connectivity index is 1.31. The van der Waals surface area contributed by atoms with E-state index in [-0.39, 0.29) is 30.2 Å². The maximum absolute atomic E-state index is 12.6.